The molecule has 1 fully saturated rings. The Hall–Kier alpha value is -1.30. The number of hydrogen-bond acceptors (Lipinski definition) is 4. The van der Waals surface area contributed by atoms with Crippen LogP contribution in [0.4, 0.5) is 10.5 Å². The van der Waals surface area contributed by atoms with E-state index in [2.05, 4.69) is 37.6 Å². The van der Waals surface area contributed by atoms with Crippen molar-refractivity contribution in [3.8, 4) is 0 Å². The molecule has 0 spiro atoms. The lowest BCUT2D eigenvalue weighted by Gasteiger charge is -2.37. The quantitative estimate of drug-likeness (QED) is 0.812. The fourth-order valence-electron chi connectivity index (χ4n) is 2.20. The van der Waals surface area contributed by atoms with Crippen molar-refractivity contribution in [3.05, 3.63) is 22.4 Å². The molecule has 0 bridgehead atoms. The van der Waals surface area contributed by atoms with Crippen molar-refractivity contribution in [1.29, 1.82) is 0 Å². The van der Waals surface area contributed by atoms with Gasteiger partial charge in [0, 0.05) is 12.1 Å². The number of anilines is 1. The van der Waals surface area contributed by atoms with Gasteiger partial charge in [-0.15, -0.1) is 0 Å². The van der Waals surface area contributed by atoms with Gasteiger partial charge in [0.1, 0.15) is 10.2 Å². The van der Waals surface area contributed by atoms with Crippen LogP contribution in [-0.2, 0) is 4.74 Å². The molecule has 1 saturated carbocycles. The van der Waals surface area contributed by atoms with E-state index >= 15 is 0 Å². The minimum Gasteiger partial charge on any atom is -0.444 e. The Labute approximate surface area is 134 Å². The molecule has 5 nitrogen and oxygen atoms in total. The van der Waals surface area contributed by atoms with E-state index < -0.39 is 5.60 Å². The van der Waals surface area contributed by atoms with E-state index in [9.17, 15) is 4.79 Å². The van der Waals surface area contributed by atoms with E-state index in [-0.39, 0.29) is 12.1 Å². The monoisotopic (exact) mass is 355 g/mol. The first-order valence-corrected chi connectivity index (χ1v) is 7.90. The maximum Gasteiger partial charge on any atom is 0.407 e. The van der Waals surface area contributed by atoms with Gasteiger partial charge in [0.15, 0.2) is 0 Å². The lowest BCUT2D eigenvalue weighted by Crippen LogP contribution is -2.50. The maximum absolute atomic E-state index is 11.6. The van der Waals surface area contributed by atoms with Crippen LogP contribution in [0.3, 0.4) is 0 Å². The average Bonchev–Trinajstić information content (AvgIpc) is 2.28. The van der Waals surface area contributed by atoms with Crippen LogP contribution in [0, 0.1) is 6.92 Å². The van der Waals surface area contributed by atoms with Crippen molar-refractivity contribution in [2.45, 2.75) is 58.2 Å². The second-order valence-corrected chi connectivity index (χ2v) is 7.24. The predicted octanol–water partition coefficient (Wildman–Crippen LogP) is 3.62. The van der Waals surface area contributed by atoms with Crippen LogP contribution in [0.5, 0.6) is 0 Å². The SMILES string of the molecule is Cc1cc(NC2CC(NC(=O)OC(C)(C)C)C2)cnc1Br. The Morgan fingerprint density at radius 2 is 2.05 bits per heavy atom. The molecule has 0 aromatic carbocycles. The number of nitrogens with zero attached hydrogens (tertiary/aromatic N) is 1. The highest BCUT2D eigenvalue weighted by molar-refractivity contribution is 9.10. The fraction of sp³-hybridized carbons (Fsp3) is 0.600. The molecule has 1 amide bonds. The number of nitrogens with one attached hydrogen (secondary N) is 2. The summed E-state index contributed by atoms with van der Waals surface area (Å²) in [6.07, 6.45) is 3.26. The summed E-state index contributed by atoms with van der Waals surface area (Å²) in [5, 5.41) is 6.31. The summed E-state index contributed by atoms with van der Waals surface area (Å²) in [4.78, 5) is 15.9. The van der Waals surface area contributed by atoms with Crippen LogP contribution in [0.2, 0.25) is 0 Å². The Balaban J connectivity index is 1.74. The zero-order valence-electron chi connectivity index (χ0n) is 12.9. The number of amides is 1. The van der Waals surface area contributed by atoms with Crippen LogP contribution in [0.25, 0.3) is 0 Å². The summed E-state index contributed by atoms with van der Waals surface area (Å²) in [6.45, 7) is 7.59. The lowest BCUT2D eigenvalue weighted by atomic mass is 9.86. The number of ether oxygens (including phenoxy) is 1. The van der Waals surface area contributed by atoms with Gasteiger partial charge in [-0.2, -0.15) is 0 Å². The van der Waals surface area contributed by atoms with E-state index in [1.165, 1.54) is 0 Å². The first-order chi connectivity index (χ1) is 9.73. The highest BCUT2D eigenvalue weighted by atomic mass is 79.9. The van der Waals surface area contributed by atoms with Crippen molar-refractivity contribution in [2.75, 3.05) is 5.32 Å². The molecule has 0 unspecified atom stereocenters. The number of pyridine rings is 1. The topological polar surface area (TPSA) is 63.2 Å². The second kappa shape index (κ2) is 6.22. The summed E-state index contributed by atoms with van der Waals surface area (Å²) < 4.78 is 6.11. The van der Waals surface area contributed by atoms with Crippen molar-refractivity contribution in [1.82, 2.24) is 10.3 Å². The van der Waals surface area contributed by atoms with Crippen LogP contribution in [-0.4, -0.2) is 28.8 Å². The smallest absolute Gasteiger partial charge is 0.407 e. The maximum atomic E-state index is 11.6. The molecule has 1 aromatic rings. The third-order valence-electron chi connectivity index (χ3n) is 3.24. The standard InChI is InChI=1S/C15H22BrN3O2/c1-9-5-12(8-17-13(9)16)18-10-6-11(7-10)19-14(20)21-15(2,3)4/h5,8,10-11,18H,6-7H2,1-4H3,(H,19,20). The predicted molar refractivity (Wildman–Crippen MR) is 86.5 cm³/mol. The average molecular weight is 356 g/mol. The van der Waals surface area contributed by atoms with E-state index in [1.807, 2.05) is 33.9 Å². The molecule has 1 aromatic heterocycles. The number of carbonyl (C=O) groups is 1. The van der Waals surface area contributed by atoms with Gasteiger partial charge in [0.2, 0.25) is 0 Å². The van der Waals surface area contributed by atoms with Crippen molar-refractivity contribution < 1.29 is 9.53 Å². The van der Waals surface area contributed by atoms with Crippen molar-refractivity contribution >= 4 is 27.7 Å². The highest BCUT2D eigenvalue weighted by Gasteiger charge is 2.31. The van der Waals surface area contributed by atoms with Crippen LogP contribution in [0.1, 0.15) is 39.2 Å². The number of hydrogen-bond donors (Lipinski definition) is 2. The molecular formula is C15H22BrN3O2. The first-order valence-electron chi connectivity index (χ1n) is 7.11. The van der Waals surface area contributed by atoms with Gasteiger partial charge >= 0.3 is 6.09 Å². The molecule has 2 N–H and O–H groups in total. The van der Waals surface area contributed by atoms with Crippen LogP contribution >= 0.6 is 15.9 Å². The van der Waals surface area contributed by atoms with Crippen LogP contribution < -0.4 is 10.6 Å². The molecule has 116 valence electrons. The van der Waals surface area contributed by atoms with Crippen molar-refractivity contribution in [2.24, 2.45) is 0 Å². The molecule has 0 atom stereocenters. The lowest BCUT2D eigenvalue weighted by molar-refractivity contribution is 0.0475. The molecule has 1 heterocycles. The fourth-order valence-corrected chi connectivity index (χ4v) is 2.42. The first kappa shape index (κ1) is 16.1. The van der Waals surface area contributed by atoms with Crippen molar-refractivity contribution in [3.63, 3.8) is 0 Å². The normalized spacial score (nSPS) is 21.4. The number of aromatic nitrogens is 1. The van der Waals surface area contributed by atoms with Gasteiger partial charge in [0.25, 0.3) is 0 Å². The number of halogens is 1. The molecule has 0 saturated heterocycles. The highest BCUT2D eigenvalue weighted by Crippen LogP contribution is 2.26. The minimum atomic E-state index is -0.452. The van der Waals surface area contributed by atoms with Gasteiger partial charge in [-0.05, 0) is 68.1 Å². The molecule has 1 aliphatic carbocycles. The largest absolute Gasteiger partial charge is 0.444 e. The molecular weight excluding hydrogens is 334 g/mol. The van der Waals surface area contributed by atoms with Gasteiger partial charge in [-0.1, -0.05) is 0 Å². The van der Waals surface area contributed by atoms with E-state index in [1.54, 1.807) is 0 Å². The zero-order chi connectivity index (χ0) is 15.6. The number of rotatable bonds is 3. The van der Waals surface area contributed by atoms with E-state index in [0.29, 0.717) is 6.04 Å². The number of alkyl carbamates (subject to hydrolysis) is 1. The second-order valence-electron chi connectivity index (χ2n) is 6.49. The number of aryl methyl sites for hydroxylation is 1. The Morgan fingerprint density at radius 1 is 1.38 bits per heavy atom. The molecule has 0 radical (unpaired) electrons. The number of carbonyl (C=O) groups excluding carboxylic acids is 1. The Bertz CT molecular complexity index is 522. The molecule has 0 aliphatic heterocycles. The van der Waals surface area contributed by atoms with Gasteiger partial charge in [-0.3, -0.25) is 0 Å². The summed E-state index contributed by atoms with van der Waals surface area (Å²) in [6, 6.07) is 2.61. The van der Waals surface area contributed by atoms with Gasteiger partial charge in [0.05, 0.1) is 11.9 Å². The summed E-state index contributed by atoms with van der Waals surface area (Å²) in [5.41, 5.74) is 1.66. The third-order valence-corrected chi connectivity index (χ3v) is 4.07. The molecule has 1 aliphatic rings. The summed E-state index contributed by atoms with van der Waals surface area (Å²) >= 11 is 3.39. The summed E-state index contributed by atoms with van der Waals surface area (Å²) in [7, 11) is 0. The molecule has 2 rings (SSSR count). The third kappa shape index (κ3) is 4.88. The Kier molecular flexibility index (Phi) is 4.76. The van der Waals surface area contributed by atoms with E-state index in [0.717, 1.165) is 28.7 Å². The summed E-state index contributed by atoms with van der Waals surface area (Å²) in [5.74, 6) is 0. The molecule has 6 heteroatoms. The van der Waals surface area contributed by atoms with Gasteiger partial charge < -0.3 is 15.4 Å². The van der Waals surface area contributed by atoms with Gasteiger partial charge in [-0.25, -0.2) is 9.78 Å². The zero-order valence-corrected chi connectivity index (χ0v) is 14.5. The van der Waals surface area contributed by atoms with Crippen LogP contribution in [0.15, 0.2) is 16.9 Å². The Morgan fingerprint density at radius 3 is 2.62 bits per heavy atom. The minimum absolute atomic E-state index is 0.182. The molecule has 21 heavy (non-hydrogen) atoms. The van der Waals surface area contributed by atoms with E-state index in [4.69, 9.17) is 4.74 Å².